The molecule has 0 fully saturated rings. The van der Waals surface area contributed by atoms with Gasteiger partial charge in [0.15, 0.2) is 0 Å². The number of anilines is 4. The zero-order valence-electron chi connectivity index (χ0n) is 14.0. The summed E-state index contributed by atoms with van der Waals surface area (Å²) in [4.78, 5) is 20.1. The first kappa shape index (κ1) is 16.4. The Morgan fingerprint density at radius 2 is 1.56 bits per heavy atom. The van der Waals surface area contributed by atoms with E-state index in [0.717, 1.165) is 16.9 Å². The number of hydrogen-bond acceptors (Lipinski definition) is 6. The van der Waals surface area contributed by atoms with Crippen molar-refractivity contribution in [1.29, 1.82) is 0 Å². The number of carbonyl (C=O) groups is 1. The predicted octanol–water partition coefficient (Wildman–Crippen LogP) is 4.06. The fraction of sp³-hybridized carbons (Fsp3) is 0.105. The fourth-order valence-electron chi connectivity index (χ4n) is 2.35. The third-order valence-electron chi connectivity index (χ3n) is 3.51. The molecule has 126 valence electrons. The fourth-order valence-corrected chi connectivity index (χ4v) is 2.35. The molecule has 0 radical (unpaired) electrons. The SMILES string of the molecule is COC(=O)c1cccc(Nc2cc(Nc3cccc(C)c3)ncn2)c1. The van der Waals surface area contributed by atoms with Crippen LogP contribution < -0.4 is 10.6 Å². The van der Waals surface area contributed by atoms with E-state index in [9.17, 15) is 4.79 Å². The summed E-state index contributed by atoms with van der Waals surface area (Å²) < 4.78 is 4.73. The summed E-state index contributed by atoms with van der Waals surface area (Å²) in [5.41, 5.74) is 3.33. The molecular formula is C19H18N4O2. The number of methoxy groups -OCH3 is 1. The lowest BCUT2D eigenvalue weighted by Crippen LogP contribution is -2.02. The Morgan fingerprint density at radius 3 is 2.20 bits per heavy atom. The molecule has 0 aliphatic heterocycles. The van der Waals surface area contributed by atoms with Crippen molar-refractivity contribution in [3.63, 3.8) is 0 Å². The quantitative estimate of drug-likeness (QED) is 0.685. The Bertz CT molecular complexity index is 896. The van der Waals surface area contributed by atoms with Crippen LogP contribution in [0.4, 0.5) is 23.0 Å². The average Bonchev–Trinajstić information content (AvgIpc) is 2.61. The van der Waals surface area contributed by atoms with E-state index in [1.807, 2.05) is 37.3 Å². The van der Waals surface area contributed by atoms with Gasteiger partial charge in [0, 0.05) is 17.4 Å². The van der Waals surface area contributed by atoms with Crippen LogP contribution in [-0.2, 0) is 4.74 Å². The number of aromatic nitrogens is 2. The van der Waals surface area contributed by atoms with Crippen molar-refractivity contribution < 1.29 is 9.53 Å². The molecule has 3 rings (SSSR count). The molecule has 0 aliphatic carbocycles. The number of benzene rings is 2. The zero-order chi connectivity index (χ0) is 17.6. The molecule has 25 heavy (non-hydrogen) atoms. The van der Waals surface area contributed by atoms with Crippen LogP contribution >= 0.6 is 0 Å². The second kappa shape index (κ2) is 7.44. The summed E-state index contributed by atoms with van der Waals surface area (Å²) in [6.45, 7) is 2.03. The van der Waals surface area contributed by atoms with E-state index in [1.54, 1.807) is 24.3 Å². The molecular weight excluding hydrogens is 316 g/mol. The third kappa shape index (κ3) is 4.32. The molecule has 0 aliphatic rings. The number of hydrogen-bond donors (Lipinski definition) is 2. The summed E-state index contributed by atoms with van der Waals surface area (Å²) in [6.07, 6.45) is 1.48. The normalized spacial score (nSPS) is 10.2. The minimum absolute atomic E-state index is 0.381. The van der Waals surface area contributed by atoms with Crippen molar-refractivity contribution in [2.24, 2.45) is 0 Å². The number of nitrogens with one attached hydrogen (secondary N) is 2. The van der Waals surface area contributed by atoms with Crippen LogP contribution in [0, 0.1) is 6.92 Å². The molecule has 0 spiro atoms. The van der Waals surface area contributed by atoms with Crippen molar-refractivity contribution in [3.05, 3.63) is 72.1 Å². The monoisotopic (exact) mass is 334 g/mol. The standard InChI is InChI=1S/C19H18N4O2/c1-13-5-3-7-15(9-13)22-17-11-18(21-12-20-17)23-16-8-4-6-14(10-16)19(24)25-2/h3-12H,1-2H3,(H2,20,21,22,23). The van der Waals surface area contributed by atoms with Crippen LogP contribution in [-0.4, -0.2) is 23.0 Å². The molecule has 0 bridgehead atoms. The highest BCUT2D eigenvalue weighted by Gasteiger charge is 2.06. The van der Waals surface area contributed by atoms with Crippen LogP contribution in [0.3, 0.4) is 0 Å². The topological polar surface area (TPSA) is 76.1 Å². The highest BCUT2D eigenvalue weighted by Crippen LogP contribution is 2.20. The Hall–Kier alpha value is -3.41. The Morgan fingerprint density at radius 1 is 0.920 bits per heavy atom. The Kier molecular flexibility index (Phi) is 4.89. The summed E-state index contributed by atoms with van der Waals surface area (Å²) in [6, 6.07) is 16.9. The van der Waals surface area contributed by atoms with E-state index in [-0.39, 0.29) is 5.97 Å². The van der Waals surface area contributed by atoms with Crippen molar-refractivity contribution in [2.75, 3.05) is 17.7 Å². The molecule has 1 aromatic heterocycles. The van der Waals surface area contributed by atoms with Crippen molar-refractivity contribution in [1.82, 2.24) is 9.97 Å². The second-order valence-electron chi connectivity index (χ2n) is 5.48. The van der Waals surface area contributed by atoms with Crippen LogP contribution in [0.1, 0.15) is 15.9 Å². The molecule has 3 aromatic rings. The van der Waals surface area contributed by atoms with Gasteiger partial charge < -0.3 is 15.4 Å². The maximum Gasteiger partial charge on any atom is 0.337 e. The van der Waals surface area contributed by atoms with Crippen LogP contribution in [0.5, 0.6) is 0 Å². The predicted molar refractivity (Wildman–Crippen MR) is 97.6 cm³/mol. The second-order valence-corrected chi connectivity index (χ2v) is 5.48. The lowest BCUT2D eigenvalue weighted by atomic mass is 10.2. The molecule has 0 saturated carbocycles. The lowest BCUT2D eigenvalue weighted by molar-refractivity contribution is 0.0601. The average molecular weight is 334 g/mol. The first-order valence-electron chi connectivity index (χ1n) is 7.75. The zero-order valence-corrected chi connectivity index (χ0v) is 14.0. The highest BCUT2D eigenvalue weighted by atomic mass is 16.5. The van der Waals surface area contributed by atoms with Gasteiger partial charge in [-0.05, 0) is 42.8 Å². The van der Waals surface area contributed by atoms with Gasteiger partial charge in [-0.2, -0.15) is 0 Å². The van der Waals surface area contributed by atoms with E-state index in [0.29, 0.717) is 17.2 Å². The molecule has 0 amide bonds. The minimum atomic E-state index is -0.381. The molecule has 6 heteroatoms. The molecule has 2 N–H and O–H groups in total. The molecule has 2 aromatic carbocycles. The van der Waals surface area contributed by atoms with Crippen molar-refractivity contribution >= 4 is 29.0 Å². The number of rotatable bonds is 5. The number of nitrogens with zero attached hydrogens (tertiary/aromatic N) is 2. The minimum Gasteiger partial charge on any atom is -0.465 e. The molecule has 1 heterocycles. The van der Waals surface area contributed by atoms with Gasteiger partial charge in [0.2, 0.25) is 0 Å². The summed E-state index contributed by atoms with van der Waals surface area (Å²) in [7, 11) is 1.36. The van der Waals surface area contributed by atoms with E-state index < -0.39 is 0 Å². The maximum atomic E-state index is 11.6. The number of carbonyl (C=O) groups excluding carboxylic acids is 1. The van der Waals surface area contributed by atoms with Gasteiger partial charge in [-0.3, -0.25) is 0 Å². The Labute approximate surface area is 145 Å². The molecule has 6 nitrogen and oxygen atoms in total. The van der Waals surface area contributed by atoms with Gasteiger partial charge in [0.1, 0.15) is 18.0 Å². The smallest absolute Gasteiger partial charge is 0.337 e. The number of aryl methyl sites for hydroxylation is 1. The highest BCUT2D eigenvalue weighted by molar-refractivity contribution is 5.90. The van der Waals surface area contributed by atoms with Crippen LogP contribution in [0.25, 0.3) is 0 Å². The largest absolute Gasteiger partial charge is 0.465 e. The molecule has 0 atom stereocenters. The van der Waals surface area contributed by atoms with Crippen LogP contribution in [0.15, 0.2) is 60.9 Å². The number of esters is 1. The first-order chi connectivity index (χ1) is 12.1. The van der Waals surface area contributed by atoms with Crippen molar-refractivity contribution in [3.8, 4) is 0 Å². The van der Waals surface area contributed by atoms with E-state index in [4.69, 9.17) is 4.74 Å². The molecule has 0 saturated heterocycles. The van der Waals surface area contributed by atoms with E-state index in [1.165, 1.54) is 13.4 Å². The Balaban J connectivity index is 1.77. The molecule has 0 unspecified atom stereocenters. The van der Waals surface area contributed by atoms with Gasteiger partial charge in [-0.15, -0.1) is 0 Å². The first-order valence-corrected chi connectivity index (χ1v) is 7.75. The van der Waals surface area contributed by atoms with E-state index >= 15 is 0 Å². The summed E-state index contributed by atoms with van der Waals surface area (Å²) in [5, 5.41) is 6.41. The van der Waals surface area contributed by atoms with Gasteiger partial charge in [-0.25, -0.2) is 14.8 Å². The van der Waals surface area contributed by atoms with Gasteiger partial charge in [0.05, 0.1) is 12.7 Å². The van der Waals surface area contributed by atoms with Gasteiger partial charge in [-0.1, -0.05) is 18.2 Å². The lowest BCUT2D eigenvalue weighted by Gasteiger charge is -2.10. The summed E-state index contributed by atoms with van der Waals surface area (Å²) in [5.74, 6) is 0.910. The third-order valence-corrected chi connectivity index (χ3v) is 3.51. The van der Waals surface area contributed by atoms with E-state index in [2.05, 4.69) is 20.6 Å². The maximum absolute atomic E-state index is 11.6. The van der Waals surface area contributed by atoms with Gasteiger partial charge >= 0.3 is 5.97 Å². The van der Waals surface area contributed by atoms with Crippen molar-refractivity contribution in [2.45, 2.75) is 6.92 Å². The summed E-state index contributed by atoms with van der Waals surface area (Å²) >= 11 is 0. The number of ether oxygens (including phenoxy) is 1. The van der Waals surface area contributed by atoms with Gasteiger partial charge in [0.25, 0.3) is 0 Å². The van der Waals surface area contributed by atoms with Crippen LogP contribution in [0.2, 0.25) is 0 Å².